The number of hydrogen-bond acceptors (Lipinski definition) is 8. The molecule has 0 saturated carbocycles. The summed E-state index contributed by atoms with van der Waals surface area (Å²) < 4.78 is 10.9. The number of aromatic hydroxyl groups is 1. The van der Waals surface area contributed by atoms with E-state index in [4.69, 9.17) is 9.47 Å². The average Bonchev–Trinajstić information content (AvgIpc) is 2.72. The fourth-order valence-electron chi connectivity index (χ4n) is 2.31. The molecule has 0 radical (unpaired) electrons. The molecule has 0 fully saturated rings. The smallest absolute Gasteiger partial charge is 0.320 e. The van der Waals surface area contributed by atoms with Crippen molar-refractivity contribution in [2.75, 3.05) is 23.8 Å². The Hall–Kier alpha value is -4.07. The lowest BCUT2D eigenvalue weighted by Crippen LogP contribution is -2.03. The van der Waals surface area contributed by atoms with Crippen LogP contribution in [-0.4, -0.2) is 33.3 Å². The van der Waals surface area contributed by atoms with Crippen LogP contribution < -0.4 is 20.1 Å². The predicted molar refractivity (Wildman–Crippen MR) is 112 cm³/mol. The van der Waals surface area contributed by atoms with Gasteiger partial charge in [0.15, 0.2) is 0 Å². The van der Waals surface area contributed by atoms with Crippen molar-refractivity contribution in [3.63, 3.8) is 0 Å². The molecule has 3 N–H and O–H groups in total. The van der Waals surface area contributed by atoms with Crippen LogP contribution in [0.2, 0.25) is 0 Å². The molecule has 8 heteroatoms. The second-order valence-corrected chi connectivity index (χ2v) is 5.78. The number of hydrogen-bond donors (Lipinski definition) is 3. The molecule has 29 heavy (non-hydrogen) atoms. The van der Waals surface area contributed by atoms with Crippen LogP contribution in [0.25, 0.3) is 0 Å². The molecule has 0 aliphatic carbocycles. The highest BCUT2D eigenvalue weighted by atomic mass is 16.5. The average molecular weight is 391 g/mol. The summed E-state index contributed by atoms with van der Waals surface area (Å²) in [4.78, 5) is 12.1. The van der Waals surface area contributed by atoms with Crippen LogP contribution in [-0.2, 0) is 0 Å². The first-order valence-corrected chi connectivity index (χ1v) is 8.83. The van der Waals surface area contributed by atoms with Gasteiger partial charge in [-0.2, -0.15) is 15.0 Å². The van der Waals surface area contributed by atoms with E-state index in [0.29, 0.717) is 13.2 Å². The standard InChI is InChI=1S/C21H21N5O3/c1-3-13-28-17-9-5-15(6-10-17)22-19-24-20(26-21(27)25-19)23-16-7-11-18(12-8-16)29-14-4-2/h3-12H,1-2,13-14H2,(H3,22,23,24,25,26,27). The molecule has 1 heterocycles. The van der Waals surface area contributed by atoms with Crippen LogP contribution in [0.4, 0.5) is 23.3 Å². The Morgan fingerprint density at radius 1 is 0.724 bits per heavy atom. The molecule has 8 nitrogen and oxygen atoms in total. The maximum Gasteiger partial charge on any atom is 0.320 e. The largest absolute Gasteiger partial charge is 0.490 e. The van der Waals surface area contributed by atoms with Crippen molar-refractivity contribution in [1.29, 1.82) is 0 Å². The van der Waals surface area contributed by atoms with Crippen LogP contribution >= 0.6 is 0 Å². The molecule has 0 atom stereocenters. The first kappa shape index (κ1) is 19.7. The predicted octanol–water partition coefficient (Wildman–Crippen LogP) is 4.19. The van der Waals surface area contributed by atoms with Gasteiger partial charge in [-0.15, -0.1) is 0 Å². The zero-order valence-electron chi connectivity index (χ0n) is 15.7. The van der Waals surface area contributed by atoms with Crippen LogP contribution in [0, 0.1) is 0 Å². The van der Waals surface area contributed by atoms with Gasteiger partial charge in [0, 0.05) is 11.4 Å². The van der Waals surface area contributed by atoms with E-state index >= 15 is 0 Å². The number of aromatic nitrogens is 3. The molecule has 0 saturated heterocycles. The maximum absolute atomic E-state index is 9.83. The zero-order chi connectivity index (χ0) is 20.5. The molecule has 2 aromatic carbocycles. The number of rotatable bonds is 10. The van der Waals surface area contributed by atoms with Gasteiger partial charge >= 0.3 is 6.01 Å². The lowest BCUT2D eigenvalue weighted by atomic mass is 10.3. The first-order valence-electron chi connectivity index (χ1n) is 8.83. The molecule has 0 amide bonds. The molecule has 0 bridgehead atoms. The number of anilines is 4. The van der Waals surface area contributed by atoms with Gasteiger partial charge in [-0.1, -0.05) is 25.3 Å². The van der Waals surface area contributed by atoms with E-state index in [1.807, 2.05) is 48.5 Å². The van der Waals surface area contributed by atoms with Crippen molar-refractivity contribution in [3.8, 4) is 17.5 Å². The molecular formula is C21H21N5O3. The summed E-state index contributed by atoms with van der Waals surface area (Å²) in [5.41, 5.74) is 1.47. The minimum absolute atomic E-state index is 0.200. The zero-order valence-corrected chi connectivity index (χ0v) is 15.7. The van der Waals surface area contributed by atoms with Gasteiger partial charge in [0.25, 0.3) is 0 Å². The fraction of sp³-hybridized carbons (Fsp3) is 0.0952. The lowest BCUT2D eigenvalue weighted by Gasteiger charge is -2.10. The van der Waals surface area contributed by atoms with Crippen molar-refractivity contribution >= 4 is 23.3 Å². The first-order chi connectivity index (χ1) is 14.2. The highest BCUT2D eigenvalue weighted by molar-refractivity contribution is 5.59. The van der Waals surface area contributed by atoms with Crippen LogP contribution in [0.5, 0.6) is 17.5 Å². The van der Waals surface area contributed by atoms with Gasteiger partial charge < -0.3 is 25.2 Å². The summed E-state index contributed by atoms with van der Waals surface area (Å²) in [5.74, 6) is 1.84. The second kappa shape index (κ2) is 9.75. The van der Waals surface area contributed by atoms with Gasteiger partial charge in [0.1, 0.15) is 24.7 Å². The van der Waals surface area contributed by atoms with Crippen molar-refractivity contribution in [3.05, 3.63) is 73.8 Å². The third-order valence-electron chi connectivity index (χ3n) is 3.58. The van der Waals surface area contributed by atoms with E-state index in [1.165, 1.54) is 0 Å². The van der Waals surface area contributed by atoms with Crippen LogP contribution in [0.1, 0.15) is 0 Å². The number of ether oxygens (including phenoxy) is 2. The number of benzene rings is 2. The molecule has 0 spiro atoms. The Morgan fingerprint density at radius 2 is 1.14 bits per heavy atom. The molecular weight excluding hydrogens is 370 g/mol. The molecule has 148 valence electrons. The summed E-state index contributed by atoms with van der Waals surface area (Å²) >= 11 is 0. The molecule has 0 aliphatic rings. The van der Waals surface area contributed by atoms with Crippen molar-refractivity contribution in [2.24, 2.45) is 0 Å². The topological polar surface area (TPSA) is 101 Å². The van der Waals surface area contributed by atoms with Gasteiger partial charge in [0.05, 0.1) is 0 Å². The SMILES string of the molecule is C=CCOc1ccc(Nc2nc(O)nc(Nc3ccc(OCC=C)cc3)n2)cc1. The van der Waals surface area contributed by atoms with Gasteiger partial charge in [0.2, 0.25) is 11.9 Å². The number of nitrogens with one attached hydrogen (secondary N) is 2. The quantitative estimate of drug-likeness (QED) is 0.442. The maximum atomic E-state index is 9.83. The Kier molecular flexibility index (Phi) is 6.62. The third kappa shape index (κ3) is 5.96. The molecule has 1 aromatic heterocycles. The normalized spacial score (nSPS) is 10.1. The summed E-state index contributed by atoms with van der Waals surface area (Å²) in [5, 5.41) is 15.9. The van der Waals surface area contributed by atoms with E-state index in [-0.39, 0.29) is 11.9 Å². The minimum Gasteiger partial charge on any atom is -0.490 e. The summed E-state index contributed by atoms with van der Waals surface area (Å²) in [6.07, 6.45) is 3.35. The van der Waals surface area contributed by atoms with E-state index in [2.05, 4.69) is 38.7 Å². The van der Waals surface area contributed by atoms with E-state index in [0.717, 1.165) is 22.9 Å². The highest BCUT2D eigenvalue weighted by Gasteiger charge is 2.07. The van der Waals surface area contributed by atoms with Crippen molar-refractivity contribution < 1.29 is 14.6 Å². The minimum atomic E-state index is -0.401. The second-order valence-electron chi connectivity index (χ2n) is 5.78. The third-order valence-corrected chi connectivity index (χ3v) is 3.58. The Bertz CT molecular complexity index is 883. The van der Waals surface area contributed by atoms with Crippen molar-refractivity contribution in [2.45, 2.75) is 0 Å². The molecule has 0 aliphatic heterocycles. The number of nitrogens with zero attached hydrogens (tertiary/aromatic N) is 3. The highest BCUT2D eigenvalue weighted by Crippen LogP contribution is 2.22. The molecule has 3 aromatic rings. The lowest BCUT2D eigenvalue weighted by molar-refractivity contribution is 0.363. The van der Waals surface area contributed by atoms with Crippen molar-refractivity contribution in [1.82, 2.24) is 15.0 Å². The summed E-state index contributed by atoms with van der Waals surface area (Å²) in [6, 6.07) is 14.1. The Labute approximate surface area is 168 Å². The van der Waals surface area contributed by atoms with Crippen LogP contribution in [0.3, 0.4) is 0 Å². The van der Waals surface area contributed by atoms with E-state index in [1.54, 1.807) is 12.2 Å². The van der Waals surface area contributed by atoms with Gasteiger partial charge in [-0.05, 0) is 48.5 Å². The van der Waals surface area contributed by atoms with Gasteiger partial charge in [-0.25, -0.2) is 0 Å². The van der Waals surface area contributed by atoms with Gasteiger partial charge in [-0.3, -0.25) is 0 Å². The Balaban J connectivity index is 1.67. The monoisotopic (exact) mass is 391 g/mol. The van der Waals surface area contributed by atoms with E-state index in [9.17, 15) is 5.11 Å². The summed E-state index contributed by atoms with van der Waals surface area (Å²) in [6.45, 7) is 8.09. The fourth-order valence-corrected chi connectivity index (χ4v) is 2.31. The van der Waals surface area contributed by atoms with E-state index < -0.39 is 6.01 Å². The molecule has 0 unspecified atom stereocenters. The van der Waals surface area contributed by atoms with Crippen LogP contribution in [0.15, 0.2) is 73.8 Å². The summed E-state index contributed by atoms with van der Waals surface area (Å²) in [7, 11) is 0. The molecule has 3 rings (SSSR count). The Morgan fingerprint density at radius 3 is 1.52 bits per heavy atom.